The SMILES string of the molecule is N#CC[C@H](N)c1cccc(OC(F)(F)C(F)F)c1. The highest BCUT2D eigenvalue weighted by atomic mass is 19.3. The van der Waals surface area contributed by atoms with Crippen LogP contribution >= 0.6 is 0 Å². The first kappa shape index (κ1) is 14.3. The fourth-order valence-corrected chi connectivity index (χ4v) is 1.23. The van der Waals surface area contributed by atoms with Crippen molar-refractivity contribution >= 4 is 0 Å². The number of nitrogens with two attached hydrogens (primary N) is 1. The molecule has 0 saturated heterocycles. The van der Waals surface area contributed by atoms with E-state index in [1.165, 1.54) is 12.1 Å². The van der Waals surface area contributed by atoms with Gasteiger partial charge in [-0.2, -0.15) is 22.8 Å². The van der Waals surface area contributed by atoms with Gasteiger partial charge in [0, 0.05) is 6.04 Å². The highest BCUT2D eigenvalue weighted by Gasteiger charge is 2.43. The average molecular weight is 262 g/mol. The molecule has 0 unspecified atom stereocenters. The molecule has 2 N–H and O–H groups in total. The van der Waals surface area contributed by atoms with Gasteiger partial charge in [-0.25, -0.2) is 0 Å². The Morgan fingerprint density at radius 3 is 2.61 bits per heavy atom. The van der Waals surface area contributed by atoms with Crippen molar-refractivity contribution in [2.75, 3.05) is 0 Å². The molecule has 0 aliphatic heterocycles. The van der Waals surface area contributed by atoms with Gasteiger partial charge in [0.1, 0.15) is 5.75 Å². The second-order valence-corrected chi connectivity index (χ2v) is 3.51. The van der Waals surface area contributed by atoms with E-state index in [0.717, 1.165) is 12.1 Å². The Morgan fingerprint density at radius 1 is 1.39 bits per heavy atom. The lowest BCUT2D eigenvalue weighted by atomic mass is 10.1. The zero-order chi connectivity index (χ0) is 13.8. The van der Waals surface area contributed by atoms with Crippen LogP contribution in [0.2, 0.25) is 0 Å². The van der Waals surface area contributed by atoms with Crippen molar-refractivity contribution in [1.82, 2.24) is 0 Å². The summed E-state index contributed by atoms with van der Waals surface area (Å²) in [5.74, 6) is -0.425. The molecule has 0 amide bonds. The minimum atomic E-state index is -4.56. The Morgan fingerprint density at radius 2 is 2.06 bits per heavy atom. The molecule has 0 radical (unpaired) electrons. The van der Waals surface area contributed by atoms with Crippen LogP contribution in [-0.2, 0) is 0 Å². The molecule has 0 aliphatic rings. The number of alkyl halides is 4. The van der Waals surface area contributed by atoms with E-state index in [0.29, 0.717) is 5.56 Å². The zero-order valence-electron chi connectivity index (χ0n) is 9.12. The maximum atomic E-state index is 12.7. The van der Waals surface area contributed by atoms with Gasteiger partial charge >= 0.3 is 12.5 Å². The summed E-state index contributed by atoms with van der Waals surface area (Å²) in [4.78, 5) is 0. The molecule has 1 aromatic rings. The predicted octanol–water partition coefficient (Wildman–Crippen LogP) is 2.84. The maximum absolute atomic E-state index is 12.7. The monoisotopic (exact) mass is 262 g/mol. The maximum Gasteiger partial charge on any atom is 0.461 e. The topological polar surface area (TPSA) is 59.0 Å². The van der Waals surface area contributed by atoms with Crippen LogP contribution in [0.1, 0.15) is 18.0 Å². The molecule has 0 bridgehead atoms. The van der Waals surface area contributed by atoms with E-state index in [4.69, 9.17) is 11.0 Å². The van der Waals surface area contributed by atoms with Gasteiger partial charge in [-0.3, -0.25) is 0 Å². The Labute approximate surface area is 101 Å². The molecule has 7 heteroatoms. The summed E-state index contributed by atoms with van der Waals surface area (Å²) < 4.78 is 53.1. The quantitative estimate of drug-likeness (QED) is 0.830. The lowest BCUT2D eigenvalue weighted by molar-refractivity contribution is -0.253. The molecule has 98 valence electrons. The molecular formula is C11H10F4N2O. The van der Waals surface area contributed by atoms with Crippen molar-refractivity contribution in [1.29, 1.82) is 5.26 Å². The van der Waals surface area contributed by atoms with Crippen molar-refractivity contribution in [3.05, 3.63) is 29.8 Å². The van der Waals surface area contributed by atoms with Gasteiger partial charge in [0.05, 0.1) is 12.5 Å². The van der Waals surface area contributed by atoms with Crippen LogP contribution in [0.25, 0.3) is 0 Å². The third-order valence-corrected chi connectivity index (χ3v) is 2.11. The average Bonchev–Trinajstić information content (AvgIpc) is 2.29. The number of nitrogens with zero attached hydrogens (tertiary/aromatic N) is 1. The summed E-state index contributed by atoms with van der Waals surface area (Å²) in [5.41, 5.74) is 5.94. The number of halogens is 4. The first-order valence-electron chi connectivity index (χ1n) is 4.94. The molecule has 18 heavy (non-hydrogen) atoms. The van der Waals surface area contributed by atoms with Gasteiger partial charge in [-0.1, -0.05) is 12.1 Å². The fourth-order valence-electron chi connectivity index (χ4n) is 1.23. The number of benzene rings is 1. The molecular weight excluding hydrogens is 252 g/mol. The fraction of sp³-hybridized carbons (Fsp3) is 0.364. The van der Waals surface area contributed by atoms with Gasteiger partial charge in [0.2, 0.25) is 0 Å². The standard InChI is InChI=1S/C11H10F4N2O/c12-10(13)11(14,15)18-8-3-1-2-7(6-8)9(17)4-5-16/h1-3,6,9-10H,4,17H2/t9-/m0/s1. The largest absolute Gasteiger partial charge is 0.461 e. The van der Waals surface area contributed by atoms with E-state index in [2.05, 4.69) is 4.74 Å². The second-order valence-electron chi connectivity index (χ2n) is 3.51. The lowest BCUT2D eigenvalue weighted by Crippen LogP contribution is -2.33. The first-order valence-corrected chi connectivity index (χ1v) is 4.94. The highest BCUT2D eigenvalue weighted by Crippen LogP contribution is 2.29. The van der Waals surface area contributed by atoms with Crippen LogP contribution in [0.15, 0.2) is 24.3 Å². The number of hydrogen-bond acceptors (Lipinski definition) is 3. The van der Waals surface area contributed by atoms with Crippen molar-refractivity contribution in [2.45, 2.75) is 25.0 Å². The van der Waals surface area contributed by atoms with E-state index >= 15 is 0 Å². The summed E-state index contributed by atoms with van der Waals surface area (Å²) >= 11 is 0. The van der Waals surface area contributed by atoms with Crippen LogP contribution in [0.4, 0.5) is 17.6 Å². The van der Waals surface area contributed by atoms with E-state index in [9.17, 15) is 17.6 Å². The first-order chi connectivity index (χ1) is 8.36. The number of rotatable bonds is 5. The molecule has 0 aliphatic carbocycles. The van der Waals surface area contributed by atoms with Crippen molar-refractivity contribution in [3.8, 4) is 11.8 Å². The Hall–Kier alpha value is -1.81. The molecule has 0 aromatic heterocycles. The summed E-state index contributed by atoms with van der Waals surface area (Å²) in [7, 11) is 0. The molecule has 0 saturated carbocycles. The van der Waals surface area contributed by atoms with Gasteiger partial charge in [-0.15, -0.1) is 0 Å². The normalized spacial score (nSPS) is 13.2. The summed E-state index contributed by atoms with van der Waals surface area (Å²) in [6.45, 7) is 0. The zero-order valence-corrected chi connectivity index (χ0v) is 9.12. The summed E-state index contributed by atoms with van der Waals surface area (Å²) in [6, 6.07) is 6.19. The van der Waals surface area contributed by atoms with Crippen LogP contribution in [-0.4, -0.2) is 12.5 Å². The molecule has 1 atom stereocenters. The molecule has 0 fully saturated rings. The Balaban J connectivity index is 2.86. The minimum Gasteiger partial charge on any atom is -0.428 e. The molecule has 0 spiro atoms. The minimum absolute atomic E-state index is 0.0192. The van der Waals surface area contributed by atoms with Crippen LogP contribution in [0.5, 0.6) is 5.75 Å². The second kappa shape index (κ2) is 5.69. The number of nitriles is 1. The van der Waals surface area contributed by atoms with E-state index in [-0.39, 0.29) is 6.42 Å². The van der Waals surface area contributed by atoms with Crippen LogP contribution < -0.4 is 10.5 Å². The molecule has 1 aromatic carbocycles. The van der Waals surface area contributed by atoms with E-state index in [1.807, 2.05) is 6.07 Å². The van der Waals surface area contributed by atoms with Crippen molar-refractivity contribution in [2.24, 2.45) is 5.73 Å². The highest BCUT2D eigenvalue weighted by molar-refractivity contribution is 5.31. The van der Waals surface area contributed by atoms with Gasteiger partial charge < -0.3 is 10.5 Å². The predicted molar refractivity (Wildman–Crippen MR) is 55.2 cm³/mol. The van der Waals surface area contributed by atoms with Crippen molar-refractivity contribution < 1.29 is 22.3 Å². The van der Waals surface area contributed by atoms with Gasteiger partial charge in [0.25, 0.3) is 0 Å². The smallest absolute Gasteiger partial charge is 0.428 e. The number of ether oxygens (including phenoxy) is 1. The molecule has 1 rings (SSSR count). The summed E-state index contributed by atoms with van der Waals surface area (Å²) in [5, 5.41) is 8.45. The Bertz CT molecular complexity index is 445. The van der Waals surface area contributed by atoms with E-state index in [1.54, 1.807) is 0 Å². The van der Waals surface area contributed by atoms with Gasteiger partial charge in [0.15, 0.2) is 0 Å². The van der Waals surface area contributed by atoms with Gasteiger partial charge in [-0.05, 0) is 17.7 Å². The third-order valence-electron chi connectivity index (χ3n) is 2.11. The van der Waals surface area contributed by atoms with Crippen molar-refractivity contribution in [3.63, 3.8) is 0 Å². The van der Waals surface area contributed by atoms with Crippen LogP contribution in [0, 0.1) is 11.3 Å². The Kier molecular flexibility index (Phi) is 4.50. The molecule has 0 heterocycles. The molecule has 3 nitrogen and oxygen atoms in total. The third kappa shape index (κ3) is 3.60. The van der Waals surface area contributed by atoms with Crippen LogP contribution in [0.3, 0.4) is 0 Å². The summed E-state index contributed by atoms with van der Waals surface area (Å²) in [6.07, 6.45) is -8.50. The number of hydrogen-bond donors (Lipinski definition) is 1. The van der Waals surface area contributed by atoms with E-state index < -0.39 is 24.3 Å². The lowest BCUT2D eigenvalue weighted by Gasteiger charge is -2.18.